The molecule has 2 aromatic heterocycles. The normalized spacial score (nSPS) is 15.5. The second kappa shape index (κ2) is 29.9. The topological polar surface area (TPSA) is 179 Å². The largest absolute Gasteiger partial charge is 2.00 e. The van der Waals surface area contributed by atoms with E-state index in [1.807, 2.05) is 48.6 Å². The maximum Gasteiger partial charge on any atom is 2.00 e. The molecule has 8 bridgehead atoms. The van der Waals surface area contributed by atoms with Gasteiger partial charge >= 0.3 is 16.5 Å². The van der Waals surface area contributed by atoms with Gasteiger partial charge in [-0.3, -0.25) is 0 Å². The van der Waals surface area contributed by atoms with Crippen molar-refractivity contribution in [3.8, 4) is 45.8 Å². The van der Waals surface area contributed by atoms with Crippen molar-refractivity contribution < 1.29 is 54.4 Å². The Bertz CT molecular complexity index is 3290. The Morgan fingerprint density at radius 1 is 0.383 bits per heavy atom. The van der Waals surface area contributed by atoms with Crippen LogP contribution in [0.3, 0.4) is 0 Å². The molecule has 0 amide bonds. The number of hydrogen-bond acceptors (Lipinski definition) is 14. The van der Waals surface area contributed by atoms with Crippen LogP contribution in [-0.2, 0) is 35.4 Å². The van der Waals surface area contributed by atoms with Gasteiger partial charge in [0.25, 0.3) is 0 Å². The zero-order valence-electron chi connectivity index (χ0n) is 48.9. The van der Waals surface area contributed by atoms with Crippen LogP contribution in [0.5, 0.6) is 23.0 Å². The molecule has 5 heterocycles. The molecule has 0 spiro atoms. The molecule has 0 N–H and O–H groups in total. The molecular weight excluding hydrogens is 1070 g/mol. The Labute approximate surface area is 488 Å². The van der Waals surface area contributed by atoms with Crippen molar-refractivity contribution in [2.24, 2.45) is 0 Å². The average molecular weight is 1150 g/mol. The smallest absolute Gasteiger partial charge is 0.497 e. The van der Waals surface area contributed by atoms with Gasteiger partial charge in [0.05, 0.1) is 98.8 Å². The first-order valence-electron chi connectivity index (χ1n) is 30.1. The van der Waals surface area contributed by atoms with Crippen molar-refractivity contribution in [2.75, 3.05) is 52.9 Å². The molecule has 0 radical (unpaired) electrons. The third-order valence-electron chi connectivity index (χ3n) is 14.4. The van der Waals surface area contributed by atoms with Gasteiger partial charge in [-0.1, -0.05) is 107 Å². The number of rotatable bonds is 32. The Morgan fingerprint density at radius 3 is 1.28 bits per heavy atom. The zero-order chi connectivity index (χ0) is 55.8. The molecule has 0 fully saturated rings. The van der Waals surface area contributed by atoms with E-state index in [-0.39, 0.29) is 16.5 Å². The fourth-order valence-corrected chi connectivity index (χ4v) is 9.87. The van der Waals surface area contributed by atoms with Gasteiger partial charge in [0.15, 0.2) is 0 Å². The SMILES string of the molecule is CCCCOC1=CC=C(OCCCC)C2C1=c1nc2nc2[n-]c(nc3nc(nc4[n-]c(n1)c1c(OCCCC)ccc(OCCCC)c41)-c1c(OCCCC)ccc(OCCCC)c1-3)=C1C(OCCCC)=CC=C(OCCCC)C12.[Ni+2]. The van der Waals surface area contributed by atoms with E-state index in [9.17, 15) is 0 Å². The molecule has 2 atom stereocenters. The summed E-state index contributed by atoms with van der Waals surface area (Å²) in [4.78, 5) is 43.7. The van der Waals surface area contributed by atoms with E-state index < -0.39 is 11.8 Å². The van der Waals surface area contributed by atoms with E-state index in [1.165, 1.54) is 0 Å². The molecule has 81 heavy (non-hydrogen) atoms. The number of benzene rings is 2. The van der Waals surface area contributed by atoms with Crippen LogP contribution in [0.2, 0.25) is 0 Å². The van der Waals surface area contributed by atoms with Crippen LogP contribution in [0.15, 0.2) is 71.6 Å². The maximum absolute atomic E-state index is 6.72. The number of fused-ring (bicyclic) bond motifs is 18. The molecule has 16 nitrogen and oxygen atoms in total. The molecule has 0 saturated heterocycles. The molecular formula is C64H82N8NiO8. The maximum atomic E-state index is 6.72. The second-order valence-corrected chi connectivity index (χ2v) is 20.7. The quantitative estimate of drug-likeness (QED) is 0.0293. The molecule has 9 rings (SSSR count). The van der Waals surface area contributed by atoms with E-state index in [4.69, 9.17) is 77.8 Å². The van der Waals surface area contributed by atoms with Crippen molar-refractivity contribution in [1.29, 1.82) is 0 Å². The molecule has 0 saturated carbocycles. The van der Waals surface area contributed by atoms with Gasteiger partial charge in [0.2, 0.25) is 0 Å². The van der Waals surface area contributed by atoms with Gasteiger partial charge in [0, 0.05) is 44.5 Å². The average Bonchev–Trinajstić information content (AvgIpc) is 4.36. The Hall–Kier alpha value is -6.61. The van der Waals surface area contributed by atoms with Crippen LogP contribution in [-0.4, -0.2) is 82.8 Å². The second-order valence-electron chi connectivity index (χ2n) is 20.7. The van der Waals surface area contributed by atoms with Gasteiger partial charge in [-0.2, -0.15) is 0 Å². The van der Waals surface area contributed by atoms with E-state index in [1.54, 1.807) is 0 Å². The fourth-order valence-electron chi connectivity index (χ4n) is 9.87. The Kier molecular flexibility index (Phi) is 22.3. The van der Waals surface area contributed by atoms with Gasteiger partial charge in [0.1, 0.15) is 46.0 Å². The van der Waals surface area contributed by atoms with E-state index >= 15 is 0 Å². The summed E-state index contributed by atoms with van der Waals surface area (Å²) in [6, 6.07) is 7.80. The van der Waals surface area contributed by atoms with E-state index in [0.717, 1.165) is 103 Å². The molecule has 5 aliphatic rings. The van der Waals surface area contributed by atoms with Crippen LogP contribution in [0.25, 0.3) is 56.0 Å². The zero-order valence-corrected chi connectivity index (χ0v) is 49.9. The Morgan fingerprint density at radius 2 is 0.790 bits per heavy atom. The molecule has 4 aromatic rings. The van der Waals surface area contributed by atoms with Crippen LogP contribution in [0.4, 0.5) is 0 Å². The minimum absolute atomic E-state index is 0. The molecule has 2 unspecified atom stereocenters. The number of hydrogen-bond donors (Lipinski definition) is 0. The Balaban J connectivity index is 0.00000860. The predicted octanol–water partition coefficient (Wildman–Crippen LogP) is 12.8. The third-order valence-corrected chi connectivity index (χ3v) is 14.4. The summed E-state index contributed by atoms with van der Waals surface area (Å²) in [5, 5.41) is 1.27. The van der Waals surface area contributed by atoms with Crippen LogP contribution in [0, 0.1) is 0 Å². The summed E-state index contributed by atoms with van der Waals surface area (Å²) in [5.74, 6) is 5.31. The third kappa shape index (κ3) is 13.7. The van der Waals surface area contributed by atoms with Gasteiger partial charge < -0.3 is 67.8 Å². The van der Waals surface area contributed by atoms with E-state index in [2.05, 4.69) is 55.4 Å². The van der Waals surface area contributed by atoms with Crippen molar-refractivity contribution in [1.82, 2.24) is 39.9 Å². The summed E-state index contributed by atoms with van der Waals surface area (Å²) in [6.07, 6.45) is 22.4. The van der Waals surface area contributed by atoms with Gasteiger partial charge in [-0.15, -0.1) is 0 Å². The fraction of sp³-hybridized carbons (Fsp3) is 0.531. The number of nitrogens with zero attached hydrogens (tertiary/aromatic N) is 8. The van der Waals surface area contributed by atoms with Crippen LogP contribution >= 0.6 is 0 Å². The number of aromatic nitrogens is 8. The summed E-state index contributed by atoms with van der Waals surface area (Å²) < 4.78 is 53.6. The van der Waals surface area contributed by atoms with Gasteiger partial charge in [-0.05, 0) is 99.9 Å². The summed E-state index contributed by atoms with van der Waals surface area (Å²) in [7, 11) is 0. The monoisotopic (exact) mass is 1150 g/mol. The first-order chi connectivity index (χ1) is 39.4. The van der Waals surface area contributed by atoms with E-state index in [0.29, 0.717) is 177 Å². The number of allylic oxidation sites excluding steroid dienone is 8. The van der Waals surface area contributed by atoms with Crippen LogP contribution in [0.1, 0.15) is 182 Å². The predicted molar refractivity (Wildman–Crippen MR) is 312 cm³/mol. The van der Waals surface area contributed by atoms with Crippen LogP contribution < -0.4 is 39.9 Å². The summed E-state index contributed by atoms with van der Waals surface area (Å²) in [5.41, 5.74) is 4.12. The summed E-state index contributed by atoms with van der Waals surface area (Å²) >= 11 is 0. The molecule has 436 valence electrons. The first-order valence-corrected chi connectivity index (χ1v) is 30.1. The first kappa shape index (κ1) is 60.5. The minimum atomic E-state index is -0.613. The molecule has 3 aliphatic heterocycles. The van der Waals surface area contributed by atoms with Crippen molar-refractivity contribution >= 4 is 33.2 Å². The van der Waals surface area contributed by atoms with Crippen molar-refractivity contribution in [2.45, 2.75) is 170 Å². The van der Waals surface area contributed by atoms with Crippen molar-refractivity contribution in [3.63, 3.8) is 0 Å². The molecule has 2 aliphatic carbocycles. The van der Waals surface area contributed by atoms with Crippen molar-refractivity contribution in [3.05, 3.63) is 94.2 Å². The number of unbranched alkanes of at least 4 members (excludes halogenated alkanes) is 8. The minimum Gasteiger partial charge on any atom is -0.497 e. The van der Waals surface area contributed by atoms with Gasteiger partial charge in [-0.25, -0.2) is 9.97 Å². The standard InChI is InChI=1S/C64H82N8O8.Ni/c1-9-17-33-73-41-25-26-42(74-34-18-10-2)50-49(41)57-65-58(50)70-60-53-45(77-37-21-13-5)29-30-46(78-38-22-14-6)54(53)62(67-60)72-64-56-48(80-40-24-16-8)32-31-47(79-39-23-15-7)55(56)63(68-64)71-61-52-44(76-36-20-12-4)28-27-43(75-35-19-11-3)51(52)59(66-61)69-57;/h25-32,49,51H,9-24,33-40H2,1-8H3;/q-2;+2. The summed E-state index contributed by atoms with van der Waals surface area (Å²) in [6.45, 7) is 21.1. The number of ether oxygens (including phenoxy) is 8. The molecule has 2 aromatic carbocycles. The molecule has 17 heteroatoms.